The number of halogens is 1. The van der Waals surface area contributed by atoms with Crippen LogP contribution >= 0.6 is 0 Å². The van der Waals surface area contributed by atoms with Gasteiger partial charge in [0.05, 0.1) is 18.3 Å². The second-order valence-corrected chi connectivity index (χ2v) is 5.78. The summed E-state index contributed by atoms with van der Waals surface area (Å²) in [5.41, 5.74) is 2.11. The molecule has 0 spiro atoms. The third-order valence-corrected chi connectivity index (χ3v) is 3.86. The van der Waals surface area contributed by atoms with Crippen LogP contribution in [-0.2, 0) is 4.79 Å². The molecule has 2 aromatic rings. The van der Waals surface area contributed by atoms with Gasteiger partial charge in [-0.15, -0.1) is 0 Å². The van der Waals surface area contributed by atoms with Gasteiger partial charge in [-0.1, -0.05) is 48.9 Å². The Hall–Kier alpha value is -2.24. The Morgan fingerprint density at radius 3 is 2.50 bits per heavy atom. The molecule has 4 nitrogen and oxygen atoms in total. The van der Waals surface area contributed by atoms with Crippen molar-refractivity contribution in [2.24, 2.45) is 0 Å². The lowest BCUT2D eigenvalue weighted by Gasteiger charge is -2.23. The Labute approximate surface area is 141 Å². The first kappa shape index (κ1) is 18.1. The van der Waals surface area contributed by atoms with Crippen LogP contribution in [0.15, 0.2) is 48.5 Å². The summed E-state index contributed by atoms with van der Waals surface area (Å²) in [6, 6.07) is 13.7. The third-order valence-electron chi connectivity index (χ3n) is 3.86. The van der Waals surface area contributed by atoms with E-state index in [0.29, 0.717) is 13.1 Å². The van der Waals surface area contributed by atoms with Crippen LogP contribution in [0.5, 0.6) is 0 Å². The number of likely N-dealkylation sites (N-methyl/N-ethyl adjacent to an activating group) is 1. The predicted octanol–water partition coefficient (Wildman–Crippen LogP) is 3.13. The first-order valence-electron chi connectivity index (χ1n) is 8.01. The minimum Gasteiger partial charge on any atom is -0.387 e. The monoisotopic (exact) mass is 330 g/mol. The number of hydrogen-bond acceptors (Lipinski definition) is 3. The second kappa shape index (κ2) is 8.57. The molecule has 2 rings (SSSR count). The van der Waals surface area contributed by atoms with Gasteiger partial charge in [0.1, 0.15) is 5.82 Å². The van der Waals surface area contributed by atoms with Crippen molar-refractivity contribution in [3.63, 3.8) is 0 Å². The molecule has 0 fully saturated rings. The van der Waals surface area contributed by atoms with Gasteiger partial charge in [-0.3, -0.25) is 9.69 Å². The van der Waals surface area contributed by atoms with Crippen LogP contribution < -0.4 is 5.32 Å². The van der Waals surface area contributed by atoms with Crippen molar-refractivity contribution in [3.8, 4) is 0 Å². The van der Waals surface area contributed by atoms with Crippen molar-refractivity contribution < 1.29 is 14.3 Å². The summed E-state index contributed by atoms with van der Waals surface area (Å²) >= 11 is 0. The summed E-state index contributed by atoms with van der Waals surface area (Å²) in [6.45, 7) is 4.94. The molecule has 2 aromatic carbocycles. The van der Waals surface area contributed by atoms with E-state index in [4.69, 9.17) is 0 Å². The maximum absolute atomic E-state index is 13.6. The second-order valence-electron chi connectivity index (χ2n) is 5.78. The Morgan fingerprint density at radius 1 is 1.21 bits per heavy atom. The number of rotatable bonds is 7. The van der Waals surface area contributed by atoms with E-state index in [0.717, 1.165) is 11.1 Å². The molecule has 1 unspecified atom stereocenters. The molecule has 0 heterocycles. The molecule has 0 radical (unpaired) electrons. The number of nitrogens with one attached hydrogen (secondary N) is 1. The van der Waals surface area contributed by atoms with Gasteiger partial charge in [0.25, 0.3) is 0 Å². The molecule has 5 heteroatoms. The lowest BCUT2D eigenvalue weighted by molar-refractivity contribution is -0.117. The highest BCUT2D eigenvalue weighted by atomic mass is 19.1. The van der Waals surface area contributed by atoms with E-state index >= 15 is 0 Å². The molecule has 128 valence electrons. The Kier molecular flexibility index (Phi) is 6.46. The number of para-hydroxylation sites is 1. The number of carbonyl (C=O) groups excluding carboxylic acids is 1. The summed E-state index contributed by atoms with van der Waals surface area (Å²) in [5.74, 6) is -0.772. The lowest BCUT2D eigenvalue weighted by atomic mass is 10.1. The van der Waals surface area contributed by atoms with E-state index in [9.17, 15) is 14.3 Å². The number of nitrogens with zero attached hydrogens (tertiary/aromatic N) is 1. The molecule has 1 amide bonds. The first-order valence-corrected chi connectivity index (χ1v) is 8.01. The van der Waals surface area contributed by atoms with Crippen molar-refractivity contribution in [3.05, 3.63) is 65.5 Å². The number of amides is 1. The van der Waals surface area contributed by atoms with E-state index in [-0.39, 0.29) is 18.1 Å². The van der Waals surface area contributed by atoms with Gasteiger partial charge < -0.3 is 10.4 Å². The molecule has 0 saturated carbocycles. The zero-order valence-corrected chi connectivity index (χ0v) is 14.0. The zero-order chi connectivity index (χ0) is 17.5. The van der Waals surface area contributed by atoms with Gasteiger partial charge in [-0.25, -0.2) is 4.39 Å². The Bertz CT molecular complexity index is 673. The van der Waals surface area contributed by atoms with Crippen LogP contribution in [0.25, 0.3) is 0 Å². The van der Waals surface area contributed by atoms with Crippen LogP contribution in [0.2, 0.25) is 0 Å². The summed E-state index contributed by atoms with van der Waals surface area (Å²) in [6.07, 6.45) is -0.674. The van der Waals surface area contributed by atoms with Gasteiger partial charge >= 0.3 is 0 Å². The number of benzene rings is 2. The molecule has 0 aliphatic carbocycles. The van der Waals surface area contributed by atoms with Gasteiger partial charge in [0.15, 0.2) is 0 Å². The maximum Gasteiger partial charge on any atom is 0.238 e. The summed E-state index contributed by atoms with van der Waals surface area (Å²) < 4.78 is 13.6. The number of anilines is 1. The minimum absolute atomic E-state index is 0.0910. The van der Waals surface area contributed by atoms with Crippen molar-refractivity contribution in [2.45, 2.75) is 20.0 Å². The molecule has 1 atom stereocenters. The van der Waals surface area contributed by atoms with E-state index < -0.39 is 11.9 Å². The van der Waals surface area contributed by atoms with Gasteiger partial charge in [-0.05, 0) is 31.2 Å². The van der Waals surface area contributed by atoms with Crippen LogP contribution in [0.4, 0.5) is 10.1 Å². The average Bonchev–Trinajstić information content (AvgIpc) is 2.56. The van der Waals surface area contributed by atoms with E-state index in [1.54, 1.807) is 12.1 Å². The van der Waals surface area contributed by atoms with Gasteiger partial charge in [0.2, 0.25) is 5.91 Å². The van der Waals surface area contributed by atoms with Crippen molar-refractivity contribution >= 4 is 11.6 Å². The zero-order valence-electron chi connectivity index (χ0n) is 14.0. The molecule has 0 aliphatic heterocycles. The topological polar surface area (TPSA) is 52.6 Å². The Balaban J connectivity index is 1.92. The molecular formula is C19H23FN2O2. The fourth-order valence-electron chi connectivity index (χ4n) is 2.40. The third kappa shape index (κ3) is 5.15. The number of carbonyl (C=O) groups is 1. The highest BCUT2D eigenvalue weighted by molar-refractivity contribution is 5.92. The van der Waals surface area contributed by atoms with E-state index in [1.165, 1.54) is 12.1 Å². The summed E-state index contributed by atoms with van der Waals surface area (Å²) in [7, 11) is 0. The van der Waals surface area contributed by atoms with Crippen LogP contribution in [0.3, 0.4) is 0 Å². The molecule has 0 aliphatic rings. The van der Waals surface area contributed by atoms with Crippen LogP contribution in [0, 0.1) is 12.7 Å². The first-order chi connectivity index (χ1) is 11.5. The average molecular weight is 330 g/mol. The standard InChI is InChI=1S/C19H23FN2O2/c1-3-22(12-18(23)15-10-8-14(2)9-11-15)13-19(24)21-17-7-5-4-6-16(17)20/h4-11,18,23H,3,12-13H2,1-2H3,(H,21,24). The number of hydrogen-bond donors (Lipinski definition) is 2. The molecule has 24 heavy (non-hydrogen) atoms. The SMILES string of the molecule is CCN(CC(=O)Nc1ccccc1F)CC(O)c1ccc(C)cc1. The summed E-state index contributed by atoms with van der Waals surface area (Å²) in [5, 5.41) is 12.9. The number of aryl methyl sites for hydroxylation is 1. The fraction of sp³-hybridized carbons (Fsp3) is 0.316. The molecular weight excluding hydrogens is 307 g/mol. The largest absolute Gasteiger partial charge is 0.387 e. The van der Waals surface area contributed by atoms with E-state index in [2.05, 4.69) is 5.32 Å². The lowest BCUT2D eigenvalue weighted by Crippen LogP contribution is -2.36. The highest BCUT2D eigenvalue weighted by Gasteiger charge is 2.16. The predicted molar refractivity (Wildman–Crippen MR) is 93.3 cm³/mol. The van der Waals surface area contributed by atoms with E-state index in [1.807, 2.05) is 43.0 Å². The number of aliphatic hydroxyl groups is 1. The van der Waals surface area contributed by atoms with Crippen LogP contribution in [-0.4, -0.2) is 35.5 Å². The molecule has 0 saturated heterocycles. The molecule has 0 bridgehead atoms. The van der Waals surface area contributed by atoms with Crippen molar-refractivity contribution in [1.29, 1.82) is 0 Å². The molecule has 2 N–H and O–H groups in total. The maximum atomic E-state index is 13.6. The summed E-state index contributed by atoms with van der Waals surface area (Å²) in [4.78, 5) is 13.9. The van der Waals surface area contributed by atoms with Gasteiger partial charge in [-0.2, -0.15) is 0 Å². The van der Waals surface area contributed by atoms with Crippen LogP contribution in [0.1, 0.15) is 24.2 Å². The molecule has 0 aromatic heterocycles. The van der Waals surface area contributed by atoms with Crippen molar-refractivity contribution in [1.82, 2.24) is 4.90 Å². The van der Waals surface area contributed by atoms with Gasteiger partial charge in [0, 0.05) is 6.54 Å². The fourth-order valence-corrected chi connectivity index (χ4v) is 2.40. The Morgan fingerprint density at radius 2 is 1.88 bits per heavy atom. The smallest absolute Gasteiger partial charge is 0.238 e. The number of aliphatic hydroxyl groups excluding tert-OH is 1. The highest BCUT2D eigenvalue weighted by Crippen LogP contribution is 2.16. The minimum atomic E-state index is -0.674. The van der Waals surface area contributed by atoms with Crippen molar-refractivity contribution in [2.75, 3.05) is 25.0 Å². The normalized spacial score (nSPS) is 12.2. The quantitative estimate of drug-likeness (QED) is 0.820.